The largest absolute Gasteiger partial charge is 0.409 e. The molecular weight excluding hydrogens is 194 g/mol. The Morgan fingerprint density at radius 2 is 2.20 bits per heavy atom. The zero-order valence-electron chi connectivity index (χ0n) is 9.30. The normalized spacial score (nSPS) is 14.2. The molecule has 0 spiro atoms. The number of hydrogen-bond acceptors (Lipinski definition) is 4. The van der Waals surface area contributed by atoms with Crippen LogP contribution < -0.4 is 5.73 Å². The summed E-state index contributed by atoms with van der Waals surface area (Å²) in [6.45, 7) is 5.81. The molecule has 0 aliphatic rings. The van der Waals surface area contributed by atoms with Gasteiger partial charge in [-0.15, -0.1) is 0 Å². The van der Waals surface area contributed by atoms with Crippen molar-refractivity contribution in [2.45, 2.75) is 39.7 Å². The average molecular weight is 211 g/mol. The lowest BCUT2D eigenvalue weighted by atomic mass is 10.3. The van der Waals surface area contributed by atoms with Crippen LogP contribution in [0, 0.1) is 0 Å². The summed E-state index contributed by atoms with van der Waals surface area (Å²) in [4.78, 5) is 4.34. The minimum absolute atomic E-state index is 0.136. The maximum atomic E-state index is 8.60. The van der Waals surface area contributed by atoms with Crippen molar-refractivity contribution in [3.63, 3.8) is 0 Å². The molecule has 0 bridgehead atoms. The first-order valence-electron chi connectivity index (χ1n) is 5.05. The second-order valence-electron chi connectivity index (χ2n) is 3.30. The first kappa shape index (κ1) is 11.5. The van der Waals surface area contributed by atoms with Gasteiger partial charge in [0.2, 0.25) is 0 Å². The molecule has 1 aromatic heterocycles. The van der Waals surface area contributed by atoms with E-state index < -0.39 is 0 Å². The van der Waals surface area contributed by atoms with Gasteiger partial charge in [-0.3, -0.25) is 0 Å². The van der Waals surface area contributed by atoms with Gasteiger partial charge in [0.05, 0.1) is 0 Å². The molecule has 0 radical (unpaired) electrons. The van der Waals surface area contributed by atoms with Gasteiger partial charge in [-0.2, -0.15) is 5.10 Å². The predicted molar refractivity (Wildman–Crippen MR) is 56.9 cm³/mol. The van der Waals surface area contributed by atoms with Crippen LogP contribution in [-0.4, -0.2) is 25.8 Å². The maximum absolute atomic E-state index is 8.60. The number of nitrogens with zero attached hydrogens (tertiary/aromatic N) is 4. The van der Waals surface area contributed by atoms with Gasteiger partial charge in [-0.1, -0.05) is 19.0 Å². The van der Waals surface area contributed by atoms with Crippen molar-refractivity contribution < 1.29 is 5.21 Å². The molecule has 6 nitrogen and oxygen atoms in total. The summed E-state index contributed by atoms with van der Waals surface area (Å²) in [7, 11) is 0. The monoisotopic (exact) mass is 211 g/mol. The second-order valence-corrected chi connectivity index (χ2v) is 3.30. The molecule has 6 heteroatoms. The molecule has 0 amide bonds. The van der Waals surface area contributed by atoms with Crippen LogP contribution in [0.4, 0.5) is 0 Å². The fourth-order valence-electron chi connectivity index (χ4n) is 1.31. The Balaban J connectivity index is 3.06. The summed E-state index contributed by atoms with van der Waals surface area (Å²) in [6.07, 6.45) is 1.55. The fraction of sp³-hybridized carbons (Fsp3) is 0.667. The van der Waals surface area contributed by atoms with Crippen LogP contribution in [0.3, 0.4) is 0 Å². The van der Waals surface area contributed by atoms with Crippen molar-refractivity contribution in [3.05, 3.63) is 11.6 Å². The Labute approximate surface area is 88.8 Å². The third-order valence-electron chi connectivity index (χ3n) is 2.29. The number of hydrogen-bond donors (Lipinski definition) is 2. The van der Waals surface area contributed by atoms with E-state index in [4.69, 9.17) is 10.9 Å². The van der Waals surface area contributed by atoms with Crippen molar-refractivity contribution in [2.24, 2.45) is 10.9 Å². The molecule has 0 aliphatic carbocycles. The van der Waals surface area contributed by atoms with Crippen LogP contribution >= 0.6 is 0 Å². The van der Waals surface area contributed by atoms with Gasteiger partial charge in [0.25, 0.3) is 0 Å². The Morgan fingerprint density at radius 3 is 2.67 bits per heavy atom. The zero-order valence-corrected chi connectivity index (χ0v) is 9.30. The number of nitrogens with two attached hydrogens (primary N) is 1. The van der Waals surface area contributed by atoms with Crippen LogP contribution in [0.1, 0.15) is 38.5 Å². The molecule has 1 unspecified atom stereocenters. The number of amidine groups is 1. The fourth-order valence-corrected chi connectivity index (χ4v) is 1.31. The molecule has 15 heavy (non-hydrogen) atoms. The van der Waals surface area contributed by atoms with E-state index in [9.17, 15) is 0 Å². The van der Waals surface area contributed by atoms with E-state index in [0.717, 1.165) is 24.5 Å². The van der Waals surface area contributed by atoms with Gasteiger partial charge in [0.15, 0.2) is 11.7 Å². The minimum atomic E-state index is -0.266. The maximum Gasteiger partial charge on any atom is 0.163 e. The molecule has 1 aromatic rings. The van der Waals surface area contributed by atoms with Crippen LogP contribution in [0.5, 0.6) is 0 Å². The van der Waals surface area contributed by atoms with E-state index in [0.29, 0.717) is 0 Å². The van der Waals surface area contributed by atoms with Crippen molar-refractivity contribution in [2.75, 3.05) is 0 Å². The average Bonchev–Trinajstić information content (AvgIpc) is 2.69. The molecule has 84 valence electrons. The molecule has 0 fully saturated rings. The van der Waals surface area contributed by atoms with E-state index in [1.165, 1.54) is 0 Å². The summed E-state index contributed by atoms with van der Waals surface area (Å²) < 4.78 is 1.70. The first-order chi connectivity index (χ1) is 7.13. The molecule has 0 aromatic carbocycles. The van der Waals surface area contributed by atoms with Crippen LogP contribution in [-0.2, 0) is 12.8 Å². The highest BCUT2D eigenvalue weighted by Gasteiger charge is 2.16. The lowest BCUT2D eigenvalue weighted by Gasteiger charge is -2.11. The molecule has 1 rings (SSSR count). The molecule has 0 saturated heterocycles. The second kappa shape index (κ2) is 4.77. The van der Waals surface area contributed by atoms with Gasteiger partial charge >= 0.3 is 0 Å². The Morgan fingerprint density at radius 1 is 1.53 bits per heavy atom. The minimum Gasteiger partial charge on any atom is -0.409 e. The summed E-state index contributed by atoms with van der Waals surface area (Å²) >= 11 is 0. The Bertz CT molecular complexity index is 357. The topological polar surface area (TPSA) is 89.3 Å². The smallest absolute Gasteiger partial charge is 0.163 e. The quantitative estimate of drug-likeness (QED) is 0.332. The molecule has 1 atom stereocenters. The van der Waals surface area contributed by atoms with Gasteiger partial charge < -0.3 is 10.9 Å². The van der Waals surface area contributed by atoms with Gasteiger partial charge in [0.1, 0.15) is 11.9 Å². The van der Waals surface area contributed by atoms with Crippen molar-refractivity contribution in [1.29, 1.82) is 0 Å². The molecule has 0 aliphatic heterocycles. The number of oxime groups is 1. The third-order valence-corrected chi connectivity index (χ3v) is 2.29. The number of aryl methyl sites for hydroxylation is 2. The third kappa shape index (κ3) is 2.26. The predicted octanol–water partition coefficient (Wildman–Crippen LogP) is 0.710. The Kier molecular flexibility index (Phi) is 3.65. The number of aromatic nitrogens is 3. The highest BCUT2D eigenvalue weighted by molar-refractivity contribution is 5.83. The summed E-state index contributed by atoms with van der Waals surface area (Å²) in [5.41, 5.74) is 5.53. The van der Waals surface area contributed by atoms with E-state index >= 15 is 0 Å². The van der Waals surface area contributed by atoms with Crippen molar-refractivity contribution in [1.82, 2.24) is 14.8 Å². The standard InChI is InChI=1S/C9H17N5O/c1-4-7-11-8(5-2)14(12-7)6(3)9(10)13-15/h6,15H,4-5H2,1-3H3,(H2,10,13). The zero-order chi connectivity index (χ0) is 11.4. The highest BCUT2D eigenvalue weighted by atomic mass is 16.4. The lowest BCUT2D eigenvalue weighted by molar-refractivity contribution is 0.313. The van der Waals surface area contributed by atoms with Crippen LogP contribution in [0.25, 0.3) is 0 Å². The Hall–Kier alpha value is -1.59. The SMILES string of the molecule is CCc1nc(CC)n(C(C)C(N)=NO)n1. The van der Waals surface area contributed by atoms with Gasteiger partial charge in [-0.25, -0.2) is 9.67 Å². The molecular formula is C9H17N5O. The van der Waals surface area contributed by atoms with E-state index in [1.54, 1.807) is 4.68 Å². The summed E-state index contributed by atoms with van der Waals surface area (Å²) in [5.74, 6) is 1.77. The molecule has 0 saturated carbocycles. The van der Waals surface area contributed by atoms with Crippen LogP contribution in [0.15, 0.2) is 5.16 Å². The first-order valence-corrected chi connectivity index (χ1v) is 5.05. The number of rotatable bonds is 4. The lowest BCUT2D eigenvalue weighted by Crippen LogP contribution is -2.26. The van der Waals surface area contributed by atoms with Crippen molar-refractivity contribution in [3.8, 4) is 0 Å². The summed E-state index contributed by atoms with van der Waals surface area (Å²) in [6, 6.07) is -0.266. The van der Waals surface area contributed by atoms with Gasteiger partial charge in [0, 0.05) is 12.8 Å². The molecule has 1 heterocycles. The van der Waals surface area contributed by atoms with E-state index in [-0.39, 0.29) is 11.9 Å². The van der Waals surface area contributed by atoms with E-state index in [2.05, 4.69) is 15.2 Å². The van der Waals surface area contributed by atoms with E-state index in [1.807, 2.05) is 20.8 Å². The van der Waals surface area contributed by atoms with Crippen molar-refractivity contribution >= 4 is 5.84 Å². The highest BCUT2D eigenvalue weighted by Crippen LogP contribution is 2.09. The molecule has 3 N–H and O–H groups in total. The summed E-state index contributed by atoms with van der Waals surface area (Å²) in [5, 5.41) is 15.9. The van der Waals surface area contributed by atoms with Crippen LogP contribution in [0.2, 0.25) is 0 Å². The van der Waals surface area contributed by atoms with Gasteiger partial charge in [-0.05, 0) is 6.92 Å².